The molecular formula is C30H34N4O3. The molecule has 7 heteroatoms. The van der Waals surface area contributed by atoms with Crippen LogP contribution in [-0.2, 0) is 11.2 Å². The van der Waals surface area contributed by atoms with Gasteiger partial charge in [0.2, 0.25) is 0 Å². The average molecular weight is 499 g/mol. The van der Waals surface area contributed by atoms with Crippen LogP contribution in [0.2, 0.25) is 0 Å². The predicted molar refractivity (Wildman–Crippen MR) is 146 cm³/mol. The first-order valence-electron chi connectivity index (χ1n) is 12.8. The molecule has 1 saturated heterocycles. The van der Waals surface area contributed by atoms with Gasteiger partial charge < -0.3 is 14.2 Å². The normalized spacial score (nSPS) is 15.1. The molecule has 0 radical (unpaired) electrons. The Labute approximate surface area is 218 Å². The maximum atomic E-state index is 12.3. The summed E-state index contributed by atoms with van der Waals surface area (Å²) in [6.45, 7) is 9.11. The Balaban J connectivity index is 1.42. The first-order chi connectivity index (χ1) is 17.8. The zero-order valence-electron chi connectivity index (χ0n) is 22.0. The predicted octanol–water partition coefficient (Wildman–Crippen LogP) is 7.06. The van der Waals surface area contributed by atoms with Crippen molar-refractivity contribution in [1.29, 1.82) is 5.26 Å². The molecule has 7 nitrogen and oxygen atoms in total. The van der Waals surface area contributed by atoms with Crippen LogP contribution in [0.3, 0.4) is 0 Å². The third kappa shape index (κ3) is 6.65. The summed E-state index contributed by atoms with van der Waals surface area (Å²) in [6.07, 6.45) is 9.29. The lowest BCUT2D eigenvalue weighted by atomic mass is 9.91. The van der Waals surface area contributed by atoms with E-state index in [4.69, 9.17) is 14.5 Å². The van der Waals surface area contributed by atoms with Crippen molar-refractivity contribution in [2.45, 2.75) is 59.0 Å². The maximum Gasteiger partial charge on any atom is 0.410 e. The Bertz CT molecular complexity index is 1330. The molecule has 0 aliphatic carbocycles. The summed E-state index contributed by atoms with van der Waals surface area (Å²) < 4.78 is 11.3. The summed E-state index contributed by atoms with van der Waals surface area (Å²) >= 11 is 0. The van der Waals surface area contributed by atoms with Crippen LogP contribution in [0, 0.1) is 17.2 Å². The summed E-state index contributed by atoms with van der Waals surface area (Å²) in [5.74, 6) is 0.539. The van der Waals surface area contributed by atoms with Gasteiger partial charge in [0, 0.05) is 30.3 Å². The van der Waals surface area contributed by atoms with E-state index >= 15 is 0 Å². The van der Waals surface area contributed by atoms with Crippen LogP contribution < -0.4 is 0 Å². The van der Waals surface area contributed by atoms with Crippen LogP contribution in [0.1, 0.15) is 69.3 Å². The van der Waals surface area contributed by atoms with Crippen molar-refractivity contribution < 1.29 is 14.1 Å². The van der Waals surface area contributed by atoms with Crippen molar-refractivity contribution in [2.75, 3.05) is 13.1 Å². The number of benzene rings is 2. The molecule has 1 aliphatic heterocycles. The van der Waals surface area contributed by atoms with Gasteiger partial charge in [-0.15, -0.1) is 0 Å². The number of piperidine rings is 1. The van der Waals surface area contributed by atoms with E-state index in [-0.39, 0.29) is 6.09 Å². The molecule has 37 heavy (non-hydrogen) atoms. The van der Waals surface area contributed by atoms with Gasteiger partial charge in [-0.25, -0.2) is 4.79 Å². The number of aryl methyl sites for hydroxylation is 1. The number of hydrogen-bond acceptors (Lipinski definition) is 6. The first kappa shape index (κ1) is 26.2. The molecule has 3 aromatic rings. The molecule has 0 bridgehead atoms. The van der Waals surface area contributed by atoms with Gasteiger partial charge in [0.1, 0.15) is 5.60 Å². The quantitative estimate of drug-likeness (QED) is 0.339. The number of allylic oxidation sites excluding steroid dienone is 1. The van der Waals surface area contributed by atoms with E-state index in [2.05, 4.69) is 16.2 Å². The standard InChI is InChI=1S/C30H34N4O3/c1-5-6-24-26(32-20-23-9-7-22(19-31)8-10-23)14-12-25-27(33-37-28(24)25)13-11-21-15-17-34(18-16-21)29(35)36-30(2,3)4/h5-10,12,14,20-21H,11,13,15-18H2,1-4H3/b6-5-,32-20?. The van der Waals surface area contributed by atoms with E-state index in [1.807, 2.05) is 69.0 Å². The number of fused-ring (bicyclic) bond motifs is 1. The van der Waals surface area contributed by atoms with Crippen LogP contribution in [0.25, 0.3) is 17.0 Å². The second kappa shape index (κ2) is 11.4. The topological polar surface area (TPSA) is 91.7 Å². The third-order valence-corrected chi connectivity index (χ3v) is 6.51. The highest BCUT2D eigenvalue weighted by molar-refractivity contribution is 5.94. The van der Waals surface area contributed by atoms with Gasteiger partial charge >= 0.3 is 6.09 Å². The number of nitrogens with zero attached hydrogens (tertiary/aromatic N) is 4. The minimum absolute atomic E-state index is 0.220. The second-order valence-electron chi connectivity index (χ2n) is 10.4. The van der Waals surface area contributed by atoms with Crippen LogP contribution in [0.5, 0.6) is 0 Å². The molecule has 1 aromatic heterocycles. The van der Waals surface area contributed by atoms with Gasteiger partial charge in [0.05, 0.1) is 23.0 Å². The van der Waals surface area contributed by atoms with Crippen LogP contribution in [0.15, 0.2) is 52.0 Å². The molecule has 4 rings (SSSR count). The van der Waals surface area contributed by atoms with Gasteiger partial charge in [-0.3, -0.25) is 4.99 Å². The summed E-state index contributed by atoms with van der Waals surface area (Å²) in [5, 5.41) is 14.4. The molecular weight excluding hydrogens is 464 g/mol. The highest BCUT2D eigenvalue weighted by Crippen LogP contribution is 2.33. The summed E-state index contributed by atoms with van der Waals surface area (Å²) in [7, 11) is 0. The van der Waals surface area contributed by atoms with Crippen molar-refractivity contribution in [3.8, 4) is 6.07 Å². The summed E-state index contributed by atoms with van der Waals surface area (Å²) in [5.41, 5.74) is 4.46. The van der Waals surface area contributed by atoms with Crippen LogP contribution in [-0.4, -0.2) is 41.1 Å². The van der Waals surface area contributed by atoms with Gasteiger partial charge in [0.15, 0.2) is 5.58 Å². The number of ether oxygens (including phenoxy) is 1. The van der Waals surface area contributed by atoms with Crippen LogP contribution in [0.4, 0.5) is 10.5 Å². The Morgan fingerprint density at radius 2 is 1.95 bits per heavy atom. The van der Waals surface area contributed by atoms with E-state index < -0.39 is 5.60 Å². The molecule has 0 saturated carbocycles. The van der Waals surface area contributed by atoms with E-state index in [1.165, 1.54) is 0 Å². The van der Waals surface area contributed by atoms with Crippen molar-refractivity contribution in [2.24, 2.45) is 10.9 Å². The van der Waals surface area contributed by atoms with E-state index in [0.717, 1.165) is 72.3 Å². The lowest BCUT2D eigenvalue weighted by Crippen LogP contribution is -2.41. The molecule has 0 N–H and O–H groups in total. The number of likely N-dealkylation sites (tertiary alicyclic amines) is 1. The third-order valence-electron chi connectivity index (χ3n) is 6.51. The van der Waals surface area contributed by atoms with Gasteiger partial charge in [-0.2, -0.15) is 5.26 Å². The Morgan fingerprint density at radius 3 is 2.59 bits per heavy atom. The highest BCUT2D eigenvalue weighted by Gasteiger charge is 2.27. The van der Waals surface area contributed by atoms with Crippen molar-refractivity contribution >= 4 is 35.0 Å². The minimum Gasteiger partial charge on any atom is -0.444 e. The second-order valence-corrected chi connectivity index (χ2v) is 10.4. The monoisotopic (exact) mass is 498 g/mol. The number of carbonyl (C=O) groups excluding carboxylic acids is 1. The number of aliphatic imine (C=N–C) groups is 1. The van der Waals surface area contributed by atoms with Crippen molar-refractivity contribution in [3.63, 3.8) is 0 Å². The smallest absolute Gasteiger partial charge is 0.410 e. The molecule has 0 spiro atoms. The van der Waals surface area contributed by atoms with E-state index in [9.17, 15) is 4.79 Å². The van der Waals surface area contributed by atoms with Gasteiger partial charge in [0.25, 0.3) is 0 Å². The largest absolute Gasteiger partial charge is 0.444 e. The number of hydrogen-bond donors (Lipinski definition) is 0. The molecule has 2 heterocycles. The number of rotatable bonds is 6. The van der Waals surface area contributed by atoms with Crippen LogP contribution >= 0.6 is 0 Å². The van der Waals surface area contributed by atoms with Crippen molar-refractivity contribution in [3.05, 3.63) is 64.9 Å². The Hall–Kier alpha value is -3.92. The highest BCUT2D eigenvalue weighted by atomic mass is 16.6. The van der Waals surface area contributed by atoms with Crippen molar-refractivity contribution in [1.82, 2.24) is 10.1 Å². The number of amides is 1. The molecule has 0 unspecified atom stereocenters. The molecule has 2 aromatic carbocycles. The Morgan fingerprint density at radius 1 is 1.22 bits per heavy atom. The zero-order valence-corrected chi connectivity index (χ0v) is 22.0. The fourth-order valence-corrected chi connectivity index (χ4v) is 4.54. The van der Waals surface area contributed by atoms with Gasteiger partial charge in [-0.05, 0) is 89.1 Å². The van der Waals surface area contributed by atoms with E-state index in [0.29, 0.717) is 11.5 Å². The molecule has 1 amide bonds. The summed E-state index contributed by atoms with van der Waals surface area (Å²) in [4.78, 5) is 18.8. The fourth-order valence-electron chi connectivity index (χ4n) is 4.54. The van der Waals surface area contributed by atoms with E-state index in [1.54, 1.807) is 18.3 Å². The number of aromatic nitrogens is 1. The average Bonchev–Trinajstić information content (AvgIpc) is 3.30. The zero-order chi connectivity index (χ0) is 26.4. The minimum atomic E-state index is -0.470. The maximum absolute atomic E-state index is 12.3. The first-order valence-corrected chi connectivity index (χ1v) is 12.8. The Kier molecular flexibility index (Phi) is 8.08. The summed E-state index contributed by atoms with van der Waals surface area (Å²) in [6, 6.07) is 13.5. The van der Waals surface area contributed by atoms with Gasteiger partial charge in [-0.1, -0.05) is 29.4 Å². The molecule has 192 valence electrons. The molecule has 1 fully saturated rings. The molecule has 1 aliphatic rings. The fraction of sp³-hybridized carbons (Fsp3) is 0.400. The number of carbonyl (C=O) groups is 1. The SMILES string of the molecule is C/C=C\c1c(N=Cc2ccc(C#N)cc2)ccc2c(CCC3CCN(C(=O)OC(C)(C)C)CC3)noc12. The molecule has 0 atom stereocenters. The number of nitriles is 1. The lowest BCUT2D eigenvalue weighted by Gasteiger charge is -2.33. The lowest BCUT2D eigenvalue weighted by molar-refractivity contribution is 0.0181.